The summed E-state index contributed by atoms with van der Waals surface area (Å²) in [6.07, 6.45) is 50.6. The van der Waals surface area contributed by atoms with Crippen molar-refractivity contribution in [2.75, 3.05) is 6.61 Å². The fraction of sp³-hybridized carbons (Fsp3) is 0.891. The van der Waals surface area contributed by atoms with Crippen molar-refractivity contribution in [1.29, 1.82) is 0 Å². The maximum atomic E-state index is 12.4. The van der Waals surface area contributed by atoms with Gasteiger partial charge < -0.3 is 20.6 Å². The Bertz CT molecular complexity index is 754. The second-order valence-electron chi connectivity index (χ2n) is 15.7. The van der Waals surface area contributed by atoms with Gasteiger partial charge in [-0.05, 0) is 32.1 Å². The Morgan fingerprint density at radius 1 is 0.490 bits per heavy atom. The van der Waals surface area contributed by atoms with Crippen LogP contribution in [0, 0.1) is 0 Å². The van der Waals surface area contributed by atoms with Gasteiger partial charge in [0, 0.05) is 0 Å². The zero-order valence-corrected chi connectivity index (χ0v) is 34.2. The zero-order chi connectivity index (χ0) is 37.3. The van der Waals surface area contributed by atoms with E-state index in [0.29, 0.717) is 6.42 Å². The first-order valence-electron chi connectivity index (χ1n) is 22.6. The summed E-state index contributed by atoms with van der Waals surface area (Å²) in [6.45, 7) is 4.17. The fourth-order valence-electron chi connectivity index (χ4n) is 7.00. The van der Waals surface area contributed by atoms with E-state index < -0.39 is 18.2 Å². The molecular weight excluding hydrogens is 631 g/mol. The summed E-state index contributed by atoms with van der Waals surface area (Å²) in [4.78, 5) is 12.4. The molecule has 0 aromatic rings. The van der Waals surface area contributed by atoms with Gasteiger partial charge in [0.15, 0.2) is 0 Å². The van der Waals surface area contributed by atoms with Gasteiger partial charge in [-0.15, -0.1) is 0 Å². The maximum Gasteiger partial charge on any atom is 0.222 e. The number of amides is 1. The normalized spacial score (nSPS) is 13.7. The first-order chi connectivity index (χ1) is 25.0. The molecule has 5 heteroatoms. The summed E-state index contributed by atoms with van der Waals surface area (Å²) in [6, 6.07) is -0.756. The Kier molecular flexibility index (Phi) is 40.6. The van der Waals surface area contributed by atoms with E-state index in [1.54, 1.807) is 6.08 Å². The third-order valence-electron chi connectivity index (χ3n) is 10.5. The summed E-state index contributed by atoms with van der Waals surface area (Å²) in [5.41, 5.74) is 0. The van der Waals surface area contributed by atoms with Crippen LogP contribution < -0.4 is 5.32 Å². The van der Waals surface area contributed by atoms with Gasteiger partial charge >= 0.3 is 0 Å². The molecule has 0 aliphatic carbocycles. The Labute approximate surface area is 318 Å². The lowest BCUT2D eigenvalue weighted by Crippen LogP contribution is -2.45. The van der Waals surface area contributed by atoms with Crippen LogP contribution in [0.15, 0.2) is 24.3 Å². The highest BCUT2D eigenvalue weighted by Crippen LogP contribution is 2.17. The summed E-state index contributed by atoms with van der Waals surface area (Å²) in [5.74, 6) is -0.324. The van der Waals surface area contributed by atoms with Crippen molar-refractivity contribution in [3.8, 4) is 0 Å². The van der Waals surface area contributed by atoms with Gasteiger partial charge in [-0.1, -0.05) is 224 Å². The summed E-state index contributed by atoms with van der Waals surface area (Å²) >= 11 is 0. The van der Waals surface area contributed by atoms with Gasteiger partial charge in [0.25, 0.3) is 0 Å². The number of hydrogen-bond acceptors (Lipinski definition) is 4. The second kappa shape index (κ2) is 41.6. The quantitative estimate of drug-likeness (QED) is 0.0374. The van der Waals surface area contributed by atoms with E-state index in [-0.39, 0.29) is 18.9 Å². The fourth-order valence-corrected chi connectivity index (χ4v) is 7.00. The lowest BCUT2D eigenvalue weighted by atomic mass is 10.0. The molecule has 0 fully saturated rings. The topological polar surface area (TPSA) is 89.8 Å². The number of aliphatic hydroxyl groups excluding tert-OH is 3. The molecule has 0 rings (SSSR count). The lowest BCUT2D eigenvalue weighted by Gasteiger charge is -2.21. The van der Waals surface area contributed by atoms with Crippen LogP contribution in [0.5, 0.6) is 0 Å². The number of allylic oxidation sites excluding steroid dienone is 3. The predicted octanol–water partition coefficient (Wildman–Crippen LogP) is 13.0. The van der Waals surface area contributed by atoms with Gasteiger partial charge in [0.05, 0.1) is 31.3 Å². The second-order valence-corrected chi connectivity index (χ2v) is 15.7. The third-order valence-corrected chi connectivity index (χ3v) is 10.5. The molecular formula is C46H89NO4. The van der Waals surface area contributed by atoms with E-state index in [1.807, 2.05) is 6.08 Å². The third kappa shape index (κ3) is 38.4. The minimum Gasteiger partial charge on any atom is -0.394 e. The van der Waals surface area contributed by atoms with E-state index in [0.717, 1.165) is 32.1 Å². The largest absolute Gasteiger partial charge is 0.394 e. The van der Waals surface area contributed by atoms with Crippen molar-refractivity contribution in [1.82, 2.24) is 5.32 Å². The average molecular weight is 720 g/mol. The monoisotopic (exact) mass is 720 g/mol. The summed E-state index contributed by atoms with van der Waals surface area (Å²) < 4.78 is 0. The molecule has 5 nitrogen and oxygen atoms in total. The molecule has 0 aromatic carbocycles. The average Bonchev–Trinajstić information content (AvgIpc) is 3.12. The van der Waals surface area contributed by atoms with E-state index in [9.17, 15) is 20.1 Å². The van der Waals surface area contributed by atoms with Crippen molar-refractivity contribution in [2.45, 2.75) is 257 Å². The standard InChI is InChI=1S/C46H89NO4/c1-3-5-7-9-11-13-15-16-17-18-19-20-21-22-23-24-25-26-27-28-29-30-31-33-35-37-39-43(49)41-46(51)47-44(42-48)45(50)40-38-36-34-32-14-12-10-8-6-4-2/h14,32,38,40,43-45,48-50H,3-13,15-31,33-37,39,41-42H2,1-2H3,(H,47,51)/b32-14+,40-38+. The number of aliphatic hydroxyl groups is 3. The molecule has 0 heterocycles. The van der Waals surface area contributed by atoms with Crippen LogP contribution >= 0.6 is 0 Å². The molecule has 0 saturated carbocycles. The maximum absolute atomic E-state index is 12.4. The van der Waals surface area contributed by atoms with E-state index in [1.165, 1.54) is 180 Å². The minimum atomic E-state index is -0.947. The molecule has 51 heavy (non-hydrogen) atoms. The van der Waals surface area contributed by atoms with Crippen LogP contribution in [0.25, 0.3) is 0 Å². The molecule has 0 spiro atoms. The molecule has 3 atom stereocenters. The van der Waals surface area contributed by atoms with Crippen LogP contribution in [-0.4, -0.2) is 46.1 Å². The molecule has 0 aliphatic heterocycles. The highest BCUT2D eigenvalue weighted by Gasteiger charge is 2.20. The number of rotatable bonds is 41. The van der Waals surface area contributed by atoms with Crippen LogP contribution in [-0.2, 0) is 4.79 Å². The van der Waals surface area contributed by atoms with E-state index >= 15 is 0 Å². The molecule has 0 radical (unpaired) electrons. The predicted molar refractivity (Wildman–Crippen MR) is 222 cm³/mol. The molecule has 0 aliphatic rings. The first kappa shape index (κ1) is 49.8. The van der Waals surface area contributed by atoms with Gasteiger partial charge in [-0.2, -0.15) is 0 Å². The Balaban J connectivity index is 3.53. The molecule has 0 saturated heterocycles. The first-order valence-corrected chi connectivity index (χ1v) is 22.6. The van der Waals surface area contributed by atoms with Crippen molar-refractivity contribution in [3.63, 3.8) is 0 Å². The Hall–Kier alpha value is -1.17. The van der Waals surface area contributed by atoms with Crippen molar-refractivity contribution < 1.29 is 20.1 Å². The molecule has 302 valence electrons. The number of carbonyl (C=O) groups excluding carboxylic acids is 1. The van der Waals surface area contributed by atoms with Crippen LogP contribution in [0.3, 0.4) is 0 Å². The van der Waals surface area contributed by atoms with Crippen molar-refractivity contribution >= 4 is 5.91 Å². The zero-order valence-electron chi connectivity index (χ0n) is 34.2. The molecule has 1 amide bonds. The highest BCUT2D eigenvalue weighted by molar-refractivity contribution is 5.76. The van der Waals surface area contributed by atoms with Crippen LogP contribution in [0.1, 0.15) is 239 Å². The number of hydrogen-bond donors (Lipinski definition) is 4. The Morgan fingerprint density at radius 3 is 1.25 bits per heavy atom. The van der Waals surface area contributed by atoms with Gasteiger partial charge in [-0.3, -0.25) is 4.79 Å². The van der Waals surface area contributed by atoms with Gasteiger partial charge in [0.1, 0.15) is 0 Å². The van der Waals surface area contributed by atoms with E-state index in [2.05, 4.69) is 31.3 Å². The lowest BCUT2D eigenvalue weighted by molar-refractivity contribution is -0.124. The number of nitrogens with one attached hydrogen (secondary N) is 1. The SMILES string of the molecule is CCCCCC/C=C/CC/C=C/C(O)C(CO)NC(=O)CC(O)CCCCCCCCCCCCCCCCCCCCCCCCCCCC. The highest BCUT2D eigenvalue weighted by atomic mass is 16.3. The number of unbranched alkanes of at least 4 members (excludes halogenated alkanes) is 30. The van der Waals surface area contributed by atoms with E-state index in [4.69, 9.17) is 0 Å². The van der Waals surface area contributed by atoms with Crippen LogP contribution in [0.2, 0.25) is 0 Å². The van der Waals surface area contributed by atoms with Gasteiger partial charge in [-0.25, -0.2) is 0 Å². The minimum absolute atomic E-state index is 0.00935. The molecule has 3 unspecified atom stereocenters. The summed E-state index contributed by atoms with van der Waals surface area (Å²) in [5, 5.41) is 33.1. The van der Waals surface area contributed by atoms with Crippen molar-refractivity contribution in [3.05, 3.63) is 24.3 Å². The molecule has 0 bridgehead atoms. The molecule has 0 aromatic heterocycles. The summed E-state index contributed by atoms with van der Waals surface area (Å²) in [7, 11) is 0. The number of carbonyl (C=O) groups is 1. The van der Waals surface area contributed by atoms with Crippen molar-refractivity contribution in [2.24, 2.45) is 0 Å². The smallest absolute Gasteiger partial charge is 0.222 e. The van der Waals surface area contributed by atoms with Crippen LogP contribution in [0.4, 0.5) is 0 Å². The molecule has 4 N–H and O–H groups in total. The Morgan fingerprint density at radius 2 is 0.843 bits per heavy atom. The van der Waals surface area contributed by atoms with Gasteiger partial charge in [0.2, 0.25) is 5.91 Å².